The van der Waals surface area contributed by atoms with Gasteiger partial charge in [0.15, 0.2) is 0 Å². The quantitative estimate of drug-likeness (QED) is 0.293. The van der Waals surface area contributed by atoms with E-state index in [-0.39, 0.29) is 0 Å². The number of anilines is 1. The van der Waals surface area contributed by atoms with Crippen LogP contribution in [0.25, 0.3) is 22.8 Å². The molecule has 0 radical (unpaired) electrons. The third kappa shape index (κ3) is 6.35. The van der Waals surface area contributed by atoms with Gasteiger partial charge in [-0.3, -0.25) is 9.59 Å². The van der Waals surface area contributed by atoms with Gasteiger partial charge in [-0.15, -0.1) is 0 Å². The van der Waals surface area contributed by atoms with E-state index in [9.17, 15) is 9.59 Å². The lowest BCUT2D eigenvalue weighted by molar-refractivity contribution is -0.138. The molecule has 1 unspecified atom stereocenters. The Morgan fingerprint density at radius 2 is 1.61 bits per heavy atom. The maximum Gasteiger partial charge on any atom is 0.325 e. The molecular weight excluding hydrogens is 456 g/mol. The van der Waals surface area contributed by atoms with Crippen LogP contribution < -0.4 is 10.6 Å². The summed E-state index contributed by atoms with van der Waals surface area (Å²) >= 11 is 0. The normalized spacial score (nSPS) is 12.5. The van der Waals surface area contributed by atoms with E-state index in [1.807, 2.05) is 54.6 Å². The van der Waals surface area contributed by atoms with E-state index in [1.165, 1.54) is 12.5 Å². The van der Waals surface area contributed by atoms with E-state index in [0.717, 1.165) is 29.8 Å². The highest BCUT2D eigenvalue weighted by molar-refractivity contribution is 5.96. The molecule has 3 N–H and O–H groups in total. The van der Waals surface area contributed by atoms with Crippen molar-refractivity contribution in [1.82, 2.24) is 15.5 Å². The highest BCUT2D eigenvalue weighted by atomic mass is 16.5. The van der Waals surface area contributed by atoms with Gasteiger partial charge in [0.25, 0.3) is 11.8 Å². The first-order valence-corrected chi connectivity index (χ1v) is 11.7. The van der Waals surface area contributed by atoms with Crippen LogP contribution >= 0.6 is 0 Å². The van der Waals surface area contributed by atoms with Crippen molar-refractivity contribution in [1.29, 1.82) is 0 Å². The first-order valence-electron chi connectivity index (χ1n) is 11.7. The molecule has 0 saturated carbocycles. The van der Waals surface area contributed by atoms with Crippen molar-refractivity contribution in [2.45, 2.75) is 26.3 Å². The molecule has 2 atom stereocenters. The lowest BCUT2D eigenvalue weighted by Crippen LogP contribution is -2.38. The first kappa shape index (κ1) is 24.7. The van der Waals surface area contributed by atoms with Crippen LogP contribution in [0.1, 0.15) is 29.8 Å². The zero-order chi connectivity index (χ0) is 25.5. The van der Waals surface area contributed by atoms with E-state index in [1.54, 1.807) is 12.1 Å². The van der Waals surface area contributed by atoms with Gasteiger partial charge in [-0.25, -0.2) is 0 Å². The van der Waals surface area contributed by atoms with Gasteiger partial charge < -0.3 is 20.3 Å². The van der Waals surface area contributed by atoms with Crippen molar-refractivity contribution >= 4 is 17.6 Å². The Bertz CT molecular complexity index is 1300. The van der Waals surface area contributed by atoms with Gasteiger partial charge >= 0.3 is 5.97 Å². The van der Waals surface area contributed by atoms with Gasteiger partial charge in [0.05, 0.1) is 0 Å². The van der Waals surface area contributed by atoms with Crippen LogP contribution in [0.2, 0.25) is 0 Å². The lowest BCUT2D eigenvalue weighted by atomic mass is 10.00. The number of amides is 1. The summed E-state index contributed by atoms with van der Waals surface area (Å²) in [6.07, 6.45) is 0.891. The number of nitrogens with one attached hydrogen (secondary N) is 2. The fraction of sp³-hybridized carbons (Fsp3) is 0.214. The summed E-state index contributed by atoms with van der Waals surface area (Å²) in [4.78, 5) is 27.5. The SMILES string of the molecule is CC(CNc1ccc(C(=O)N[C@H](C)C(=O)O)cc1)Cc1ccc(-c2noc(-c3ccccc3)n2)cc1. The predicted octanol–water partition coefficient (Wildman–Crippen LogP) is 4.90. The van der Waals surface area contributed by atoms with Crippen LogP contribution in [0.15, 0.2) is 83.4 Å². The summed E-state index contributed by atoms with van der Waals surface area (Å²) in [5, 5.41) is 18.9. The molecular formula is C28H28N4O4. The van der Waals surface area contributed by atoms with Crippen LogP contribution in [0.5, 0.6) is 0 Å². The Kier molecular flexibility index (Phi) is 7.75. The van der Waals surface area contributed by atoms with Crippen molar-refractivity contribution in [2.24, 2.45) is 5.92 Å². The molecule has 0 fully saturated rings. The van der Waals surface area contributed by atoms with E-state index >= 15 is 0 Å². The van der Waals surface area contributed by atoms with Crippen LogP contribution in [0, 0.1) is 5.92 Å². The van der Waals surface area contributed by atoms with E-state index in [2.05, 4.69) is 39.8 Å². The number of benzene rings is 3. The van der Waals surface area contributed by atoms with Gasteiger partial charge in [0.1, 0.15) is 6.04 Å². The summed E-state index contributed by atoms with van der Waals surface area (Å²) in [7, 11) is 0. The second-order valence-electron chi connectivity index (χ2n) is 8.79. The van der Waals surface area contributed by atoms with Crippen LogP contribution in [-0.2, 0) is 11.2 Å². The number of nitrogens with zero attached hydrogens (tertiary/aromatic N) is 2. The topological polar surface area (TPSA) is 117 Å². The van der Waals surface area contributed by atoms with Crippen molar-refractivity contribution in [3.05, 3.63) is 90.0 Å². The highest BCUT2D eigenvalue weighted by Gasteiger charge is 2.15. The minimum absolute atomic E-state index is 0.366. The molecule has 1 aromatic heterocycles. The standard InChI is InChI=1S/C28H28N4O4/c1-18(17-29-24-14-12-22(13-15-24)26(33)30-19(2)28(34)35)16-20-8-10-21(11-9-20)25-31-27(36-32-25)23-6-4-3-5-7-23/h3-15,18-19,29H,16-17H2,1-2H3,(H,30,33)(H,34,35)/t18?,19-/m1/s1. The van der Waals surface area contributed by atoms with Crippen LogP contribution in [-0.4, -0.2) is 39.7 Å². The number of carbonyl (C=O) groups excluding carboxylic acids is 1. The van der Waals surface area contributed by atoms with Gasteiger partial charge in [0.2, 0.25) is 5.82 Å². The average molecular weight is 485 g/mol. The van der Waals surface area contributed by atoms with E-state index in [4.69, 9.17) is 9.63 Å². The molecule has 4 aromatic rings. The Morgan fingerprint density at radius 3 is 2.28 bits per heavy atom. The largest absolute Gasteiger partial charge is 0.480 e. The number of aliphatic carboxylic acids is 1. The van der Waals surface area contributed by atoms with E-state index < -0.39 is 17.9 Å². The molecule has 8 heteroatoms. The molecule has 0 aliphatic carbocycles. The predicted molar refractivity (Wildman–Crippen MR) is 138 cm³/mol. The molecule has 4 rings (SSSR count). The molecule has 36 heavy (non-hydrogen) atoms. The minimum Gasteiger partial charge on any atom is -0.480 e. The second kappa shape index (κ2) is 11.3. The molecule has 0 aliphatic rings. The fourth-order valence-corrected chi connectivity index (χ4v) is 3.68. The average Bonchev–Trinajstić information content (AvgIpc) is 3.39. The molecule has 0 aliphatic heterocycles. The smallest absolute Gasteiger partial charge is 0.325 e. The number of rotatable bonds is 10. The summed E-state index contributed by atoms with van der Waals surface area (Å²) in [5.41, 5.74) is 4.31. The Morgan fingerprint density at radius 1 is 0.917 bits per heavy atom. The van der Waals surface area contributed by atoms with Crippen molar-refractivity contribution in [3.63, 3.8) is 0 Å². The second-order valence-corrected chi connectivity index (χ2v) is 8.79. The first-order chi connectivity index (χ1) is 17.4. The summed E-state index contributed by atoms with van der Waals surface area (Å²) in [5.74, 6) is -0.0599. The van der Waals surface area contributed by atoms with E-state index in [0.29, 0.717) is 23.2 Å². The maximum atomic E-state index is 12.1. The third-order valence-corrected chi connectivity index (χ3v) is 5.76. The lowest BCUT2D eigenvalue weighted by Gasteiger charge is -2.14. The van der Waals surface area contributed by atoms with Gasteiger partial charge in [-0.2, -0.15) is 4.98 Å². The fourth-order valence-electron chi connectivity index (χ4n) is 3.68. The molecule has 8 nitrogen and oxygen atoms in total. The van der Waals surface area contributed by atoms with Crippen molar-refractivity contribution in [3.8, 4) is 22.8 Å². The number of aromatic nitrogens is 2. The maximum absolute atomic E-state index is 12.1. The number of carboxylic acid groups (broad SMARTS) is 1. The number of carbonyl (C=O) groups is 2. The summed E-state index contributed by atoms with van der Waals surface area (Å²) in [6.45, 7) is 4.36. The Hall–Kier alpha value is -4.46. The molecule has 184 valence electrons. The van der Waals surface area contributed by atoms with Crippen LogP contribution in [0.4, 0.5) is 5.69 Å². The zero-order valence-electron chi connectivity index (χ0n) is 20.1. The molecule has 0 saturated heterocycles. The molecule has 1 amide bonds. The van der Waals surface area contributed by atoms with Gasteiger partial charge in [-0.05, 0) is 61.2 Å². The van der Waals surface area contributed by atoms with Gasteiger partial charge in [-0.1, -0.05) is 54.5 Å². The molecule has 0 bridgehead atoms. The Labute approximate surface area is 209 Å². The van der Waals surface area contributed by atoms with Crippen LogP contribution in [0.3, 0.4) is 0 Å². The number of carboxylic acids is 1. The van der Waals surface area contributed by atoms with Crippen molar-refractivity contribution in [2.75, 3.05) is 11.9 Å². The summed E-state index contributed by atoms with van der Waals surface area (Å²) < 4.78 is 5.41. The summed E-state index contributed by atoms with van der Waals surface area (Å²) in [6, 6.07) is 23.9. The third-order valence-electron chi connectivity index (χ3n) is 5.76. The highest BCUT2D eigenvalue weighted by Crippen LogP contribution is 2.23. The Balaban J connectivity index is 1.27. The number of hydrogen-bond acceptors (Lipinski definition) is 6. The van der Waals surface area contributed by atoms with Crippen molar-refractivity contribution < 1.29 is 19.2 Å². The molecule has 0 spiro atoms. The monoisotopic (exact) mass is 484 g/mol. The zero-order valence-corrected chi connectivity index (χ0v) is 20.1. The number of hydrogen-bond donors (Lipinski definition) is 3. The molecule has 1 heterocycles. The molecule has 3 aromatic carbocycles. The minimum atomic E-state index is -1.07. The van der Waals surface area contributed by atoms with Gasteiger partial charge in [0, 0.05) is 28.9 Å².